The summed E-state index contributed by atoms with van der Waals surface area (Å²) in [5.74, 6) is 1.94. The number of hydrogen-bond acceptors (Lipinski definition) is 4. The molecule has 1 atom stereocenters. The van der Waals surface area contributed by atoms with E-state index in [2.05, 4.69) is 17.0 Å². The van der Waals surface area contributed by atoms with Gasteiger partial charge in [0.25, 0.3) is 0 Å². The third kappa shape index (κ3) is 3.64. The number of hydrogen-bond donors (Lipinski definition) is 1. The normalized spacial score (nSPS) is 17.1. The summed E-state index contributed by atoms with van der Waals surface area (Å²) in [4.78, 5) is 2.53. The Kier molecular flexibility index (Phi) is 5.68. The van der Waals surface area contributed by atoms with Gasteiger partial charge >= 0.3 is 0 Å². The Morgan fingerprint density at radius 3 is 2.45 bits per heavy atom. The lowest BCUT2D eigenvalue weighted by Crippen LogP contribution is -2.24. The molecule has 20 heavy (non-hydrogen) atoms. The van der Waals surface area contributed by atoms with Crippen LogP contribution in [0.5, 0.6) is 11.5 Å². The van der Waals surface area contributed by atoms with Gasteiger partial charge in [-0.25, -0.2) is 0 Å². The molecule has 4 heteroatoms. The maximum Gasteiger partial charge on any atom is 0.160 e. The molecule has 1 aliphatic rings. The molecule has 1 aliphatic heterocycles. The van der Waals surface area contributed by atoms with Gasteiger partial charge in [0.05, 0.1) is 14.2 Å². The van der Waals surface area contributed by atoms with Crippen molar-refractivity contribution in [1.29, 1.82) is 0 Å². The molecule has 4 nitrogen and oxygen atoms in total. The monoisotopic (exact) mass is 278 g/mol. The van der Waals surface area contributed by atoms with Crippen LogP contribution in [0, 0.1) is 0 Å². The van der Waals surface area contributed by atoms with E-state index in [1.54, 1.807) is 14.2 Å². The van der Waals surface area contributed by atoms with Gasteiger partial charge in [0.15, 0.2) is 11.5 Å². The van der Waals surface area contributed by atoms with Gasteiger partial charge in [0.1, 0.15) is 0 Å². The molecule has 1 aromatic carbocycles. The van der Waals surface area contributed by atoms with E-state index >= 15 is 0 Å². The van der Waals surface area contributed by atoms with E-state index in [0.717, 1.165) is 24.5 Å². The van der Waals surface area contributed by atoms with Gasteiger partial charge in [-0.05, 0) is 69.1 Å². The van der Waals surface area contributed by atoms with Gasteiger partial charge in [0.2, 0.25) is 0 Å². The van der Waals surface area contributed by atoms with Crippen LogP contribution in [0.25, 0.3) is 0 Å². The highest BCUT2D eigenvalue weighted by molar-refractivity contribution is 5.44. The van der Waals surface area contributed by atoms with Crippen molar-refractivity contribution in [1.82, 2.24) is 4.90 Å². The predicted octanol–water partition coefficient (Wildman–Crippen LogP) is 2.23. The molecule has 0 spiro atoms. The lowest BCUT2D eigenvalue weighted by molar-refractivity contribution is 0.321. The number of ether oxygens (including phenoxy) is 2. The summed E-state index contributed by atoms with van der Waals surface area (Å²) >= 11 is 0. The lowest BCUT2D eigenvalue weighted by Gasteiger charge is -2.21. The van der Waals surface area contributed by atoms with Crippen LogP contribution < -0.4 is 15.2 Å². The zero-order valence-electron chi connectivity index (χ0n) is 12.6. The van der Waals surface area contributed by atoms with Crippen molar-refractivity contribution >= 4 is 0 Å². The van der Waals surface area contributed by atoms with Gasteiger partial charge < -0.3 is 20.1 Å². The number of methoxy groups -OCH3 is 2. The second-order valence-electron chi connectivity index (χ2n) is 5.38. The van der Waals surface area contributed by atoms with Crippen molar-refractivity contribution in [2.75, 3.05) is 40.4 Å². The summed E-state index contributed by atoms with van der Waals surface area (Å²) in [6.45, 7) is 4.28. The van der Waals surface area contributed by atoms with Crippen LogP contribution in [0.1, 0.15) is 30.7 Å². The number of likely N-dealkylation sites (tertiary alicyclic amines) is 1. The minimum absolute atomic E-state index is 0.385. The van der Waals surface area contributed by atoms with E-state index in [9.17, 15) is 0 Å². The van der Waals surface area contributed by atoms with E-state index in [-0.39, 0.29) is 0 Å². The van der Waals surface area contributed by atoms with Crippen molar-refractivity contribution in [2.24, 2.45) is 5.73 Å². The fraction of sp³-hybridized carbons (Fsp3) is 0.625. The maximum absolute atomic E-state index is 5.96. The van der Waals surface area contributed by atoms with Crippen LogP contribution in [0.4, 0.5) is 0 Å². The summed E-state index contributed by atoms with van der Waals surface area (Å²) < 4.78 is 10.7. The molecule has 1 heterocycles. The zero-order chi connectivity index (χ0) is 14.4. The highest BCUT2D eigenvalue weighted by atomic mass is 16.5. The first kappa shape index (κ1) is 15.1. The van der Waals surface area contributed by atoms with Crippen LogP contribution in [-0.4, -0.2) is 45.3 Å². The number of benzene rings is 1. The van der Waals surface area contributed by atoms with E-state index in [1.807, 2.05) is 6.07 Å². The van der Waals surface area contributed by atoms with Gasteiger partial charge in [-0.15, -0.1) is 0 Å². The number of nitrogens with zero attached hydrogens (tertiary/aromatic N) is 1. The minimum atomic E-state index is 0.385. The summed E-state index contributed by atoms with van der Waals surface area (Å²) in [7, 11) is 3.33. The van der Waals surface area contributed by atoms with Gasteiger partial charge in [-0.1, -0.05) is 6.07 Å². The molecule has 1 unspecified atom stereocenters. The predicted molar refractivity (Wildman–Crippen MR) is 81.6 cm³/mol. The maximum atomic E-state index is 5.96. The SMILES string of the molecule is COc1ccc(C(CN)CCN2CCCC2)cc1OC. The Morgan fingerprint density at radius 2 is 1.85 bits per heavy atom. The van der Waals surface area contributed by atoms with Crippen molar-refractivity contribution in [3.8, 4) is 11.5 Å². The minimum Gasteiger partial charge on any atom is -0.493 e. The number of nitrogens with two attached hydrogens (primary N) is 1. The molecule has 112 valence electrons. The van der Waals surface area contributed by atoms with Crippen LogP contribution >= 0.6 is 0 Å². The van der Waals surface area contributed by atoms with E-state index in [1.165, 1.54) is 31.5 Å². The molecule has 0 amide bonds. The van der Waals surface area contributed by atoms with Crippen molar-refractivity contribution in [3.63, 3.8) is 0 Å². The summed E-state index contributed by atoms with van der Waals surface area (Å²) in [5.41, 5.74) is 7.20. The molecule has 0 bridgehead atoms. The molecule has 0 aliphatic carbocycles. The van der Waals surface area contributed by atoms with Gasteiger partial charge in [-0.3, -0.25) is 0 Å². The van der Waals surface area contributed by atoms with Crippen molar-refractivity contribution < 1.29 is 9.47 Å². The molecule has 1 aromatic rings. The molecule has 2 N–H and O–H groups in total. The van der Waals surface area contributed by atoms with Gasteiger partial charge in [-0.2, -0.15) is 0 Å². The Bertz CT molecular complexity index is 417. The largest absolute Gasteiger partial charge is 0.493 e. The number of rotatable bonds is 7. The summed E-state index contributed by atoms with van der Waals surface area (Å²) in [6, 6.07) is 6.12. The Hall–Kier alpha value is -1.26. The fourth-order valence-electron chi connectivity index (χ4n) is 2.87. The summed E-state index contributed by atoms with van der Waals surface area (Å²) in [6.07, 6.45) is 3.78. The highest BCUT2D eigenvalue weighted by Crippen LogP contribution is 2.31. The van der Waals surface area contributed by atoms with Crippen LogP contribution in [0.15, 0.2) is 18.2 Å². The molecule has 0 aromatic heterocycles. The van der Waals surface area contributed by atoms with E-state index < -0.39 is 0 Å². The highest BCUT2D eigenvalue weighted by Gasteiger charge is 2.16. The first-order valence-electron chi connectivity index (χ1n) is 7.42. The van der Waals surface area contributed by atoms with E-state index in [0.29, 0.717) is 12.5 Å². The van der Waals surface area contributed by atoms with E-state index in [4.69, 9.17) is 15.2 Å². The van der Waals surface area contributed by atoms with Crippen molar-refractivity contribution in [2.45, 2.75) is 25.2 Å². The average Bonchev–Trinajstić information content (AvgIpc) is 3.01. The molecule has 0 saturated carbocycles. The van der Waals surface area contributed by atoms with Crippen molar-refractivity contribution in [3.05, 3.63) is 23.8 Å². The third-order valence-electron chi connectivity index (χ3n) is 4.16. The molecule has 1 saturated heterocycles. The topological polar surface area (TPSA) is 47.7 Å². The standard InChI is InChI=1S/C16H26N2O2/c1-19-15-6-5-13(11-16(15)20-2)14(12-17)7-10-18-8-3-4-9-18/h5-6,11,14H,3-4,7-10,12,17H2,1-2H3. The third-order valence-corrected chi connectivity index (χ3v) is 4.16. The van der Waals surface area contributed by atoms with Crippen LogP contribution in [0.2, 0.25) is 0 Å². The molecule has 2 rings (SSSR count). The Morgan fingerprint density at radius 1 is 1.15 bits per heavy atom. The van der Waals surface area contributed by atoms with Crippen LogP contribution in [0.3, 0.4) is 0 Å². The molecule has 0 radical (unpaired) electrons. The summed E-state index contributed by atoms with van der Waals surface area (Å²) in [5, 5.41) is 0. The Labute approximate surface area is 121 Å². The van der Waals surface area contributed by atoms with Gasteiger partial charge in [0, 0.05) is 0 Å². The second-order valence-corrected chi connectivity index (χ2v) is 5.38. The second kappa shape index (κ2) is 7.50. The first-order chi connectivity index (χ1) is 9.78. The Balaban J connectivity index is 2.02. The lowest BCUT2D eigenvalue weighted by atomic mass is 9.95. The molecule has 1 fully saturated rings. The first-order valence-corrected chi connectivity index (χ1v) is 7.42. The smallest absolute Gasteiger partial charge is 0.160 e. The molecular weight excluding hydrogens is 252 g/mol. The molecular formula is C16H26N2O2. The zero-order valence-corrected chi connectivity index (χ0v) is 12.6. The van der Waals surface area contributed by atoms with Crippen LogP contribution in [-0.2, 0) is 0 Å². The quantitative estimate of drug-likeness (QED) is 0.831. The average molecular weight is 278 g/mol. The fourth-order valence-corrected chi connectivity index (χ4v) is 2.87.